The molecule has 1 atom stereocenters. The van der Waals surface area contributed by atoms with Crippen LogP contribution in [0.3, 0.4) is 0 Å². The fourth-order valence-electron chi connectivity index (χ4n) is 1.72. The fourth-order valence-corrected chi connectivity index (χ4v) is 2.30. The predicted molar refractivity (Wildman–Crippen MR) is 66.6 cm³/mol. The van der Waals surface area contributed by atoms with Crippen LogP contribution in [-0.4, -0.2) is 16.5 Å². The lowest BCUT2D eigenvalue weighted by Crippen LogP contribution is -2.23. The molecule has 2 aromatic heterocycles. The summed E-state index contributed by atoms with van der Waals surface area (Å²) in [5.74, 6) is 0. The van der Waals surface area contributed by atoms with E-state index in [1.54, 1.807) is 11.3 Å². The summed E-state index contributed by atoms with van der Waals surface area (Å²) >= 11 is 1.62. The third kappa shape index (κ3) is 2.28. The molecule has 0 aliphatic heterocycles. The van der Waals surface area contributed by atoms with E-state index in [0.29, 0.717) is 0 Å². The van der Waals surface area contributed by atoms with Crippen molar-refractivity contribution in [1.82, 2.24) is 15.3 Å². The van der Waals surface area contributed by atoms with Gasteiger partial charge in [-0.1, -0.05) is 6.92 Å². The van der Waals surface area contributed by atoms with E-state index in [0.717, 1.165) is 12.2 Å². The number of aryl methyl sites for hydroxylation is 1. The summed E-state index contributed by atoms with van der Waals surface area (Å²) in [5.41, 5.74) is 5.39. The second-order valence-electron chi connectivity index (χ2n) is 3.64. The van der Waals surface area contributed by atoms with Crippen molar-refractivity contribution in [3.05, 3.63) is 46.2 Å². The first kappa shape index (κ1) is 11.2. The summed E-state index contributed by atoms with van der Waals surface area (Å²) in [7, 11) is 0. The van der Waals surface area contributed by atoms with Gasteiger partial charge in [-0.05, 0) is 30.7 Å². The van der Waals surface area contributed by atoms with Crippen molar-refractivity contribution in [2.75, 3.05) is 6.54 Å². The van der Waals surface area contributed by atoms with Crippen molar-refractivity contribution in [3.63, 3.8) is 0 Å². The minimum atomic E-state index is 0.157. The van der Waals surface area contributed by atoms with Crippen LogP contribution in [0.4, 0.5) is 0 Å². The Morgan fingerprint density at radius 1 is 1.50 bits per heavy atom. The molecule has 2 aromatic rings. The van der Waals surface area contributed by atoms with Gasteiger partial charge in [-0.25, -0.2) is 4.98 Å². The summed E-state index contributed by atoms with van der Waals surface area (Å²) in [6.45, 7) is 5.12. The highest BCUT2D eigenvalue weighted by molar-refractivity contribution is 7.07. The molecule has 0 aliphatic rings. The fraction of sp³-hybridized carbons (Fsp3) is 0.333. The predicted octanol–water partition coefficient (Wildman–Crippen LogP) is 2.55. The lowest BCUT2D eigenvalue weighted by atomic mass is 10.0. The number of nitrogens with one attached hydrogen (secondary N) is 1. The minimum Gasteiger partial charge on any atom is -0.305 e. The normalized spacial score (nSPS) is 12.6. The second-order valence-corrected chi connectivity index (χ2v) is 4.35. The van der Waals surface area contributed by atoms with Gasteiger partial charge < -0.3 is 5.32 Å². The number of rotatable bonds is 4. The lowest BCUT2D eigenvalue weighted by Gasteiger charge is -2.17. The summed E-state index contributed by atoms with van der Waals surface area (Å²) in [4.78, 5) is 8.58. The molecule has 1 unspecified atom stereocenters. The van der Waals surface area contributed by atoms with Crippen LogP contribution in [0.2, 0.25) is 0 Å². The van der Waals surface area contributed by atoms with Crippen LogP contribution in [0.25, 0.3) is 0 Å². The minimum absolute atomic E-state index is 0.157. The molecule has 1 N–H and O–H groups in total. The molecule has 0 aromatic carbocycles. The van der Waals surface area contributed by atoms with Crippen LogP contribution in [0.15, 0.2) is 29.4 Å². The summed E-state index contributed by atoms with van der Waals surface area (Å²) in [6.07, 6.45) is 3.74. The number of hydrogen-bond donors (Lipinski definition) is 1. The lowest BCUT2D eigenvalue weighted by molar-refractivity contribution is 0.614. The van der Waals surface area contributed by atoms with Gasteiger partial charge in [0.25, 0.3) is 0 Å². The van der Waals surface area contributed by atoms with Gasteiger partial charge in [0.15, 0.2) is 0 Å². The molecule has 0 bridgehead atoms. The number of hydrogen-bond acceptors (Lipinski definition) is 4. The van der Waals surface area contributed by atoms with Gasteiger partial charge in [0.1, 0.15) is 0 Å². The van der Waals surface area contributed by atoms with Gasteiger partial charge in [-0.3, -0.25) is 4.98 Å². The third-order valence-electron chi connectivity index (χ3n) is 2.55. The Bertz CT molecular complexity index is 439. The van der Waals surface area contributed by atoms with Crippen molar-refractivity contribution in [1.29, 1.82) is 0 Å². The number of thiazole rings is 1. The van der Waals surface area contributed by atoms with Crippen molar-refractivity contribution in [2.24, 2.45) is 0 Å². The van der Waals surface area contributed by atoms with Crippen LogP contribution in [-0.2, 0) is 0 Å². The van der Waals surface area contributed by atoms with Gasteiger partial charge in [0, 0.05) is 17.8 Å². The zero-order chi connectivity index (χ0) is 11.4. The largest absolute Gasteiger partial charge is 0.305 e. The van der Waals surface area contributed by atoms with Crippen molar-refractivity contribution in [2.45, 2.75) is 19.9 Å². The number of aromatic nitrogens is 2. The molecule has 2 heterocycles. The van der Waals surface area contributed by atoms with Crippen LogP contribution in [0.5, 0.6) is 0 Å². The summed E-state index contributed by atoms with van der Waals surface area (Å²) in [5, 5.41) is 5.53. The van der Waals surface area contributed by atoms with Crippen LogP contribution in [0, 0.1) is 6.92 Å². The zero-order valence-corrected chi connectivity index (χ0v) is 10.3. The van der Waals surface area contributed by atoms with Gasteiger partial charge in [0.05, 0.1) is 17.2 Å². The van der Waals surface area contributed by atoms with Gasteiger partial charge in [-0.15, -0.1) is 11.3 Å². The Morgan fingerprint density at radius 3 is 3.00 bits per heavy atom. The highest BCUT2D eigenvalue weighted by atomic mass is 32.1. The number of nitrogens with zero attached hydrogens (tertiary/aromatic N) is 2. The molecule has 0 saturated carbocycles. The molecule has 0 radical (unpaired) electrons. The highest BCUT2D eigenvalue weighted by Crippen LogP contribution is 2.23. The first-order chi connectivity index (χ1) is 7.83. The Hall–Kier alpha value is -1.26. The van der Waals surface area contributed by atoms with E-state index in [-0.39, 0.29) is 6.04 Å². The monoisotopic (exact) mass is 233 g/mol. The molecule has 0 aliphatic carbocycles. The zero-order valence-electron chi connectivity index (χ0n) is 9.47. The maximum absolute atomic E-state index is 4.38. The first-order valence-corrected chi connectivity index (χ1v) is 6.29. The quantitative estimate of drug-likeness (QED) is 0.882. The van der Waals surface area contributed by atoms with Gasteiger partial charge in [-0.2, -0.15) is 0 Å². The molecule has 84 valence electrons. The molecular weight excluding hydrogens is 218 g/mol. The maximum Gasteiger partial charge on any atom is 0.0795 e. The van der Waals surface area contributed by atoms with Gasteiger partial charge in [0.2, 0.25) is 0 Å². The molecule has 16 heavy (non-hydrogen) atoms. The van der Waals surface area contributed by atoms with Crippen LogP contribution < -0.4 is 5.32 Å². The Balaban J connectivity index is 2.37. The van der Waals surface area contributed by atoms with E-state index in [4.69, 9.17) is 0 Å². The van der Waals surface area contributed by atoms with Gasteiger partial charge >= 0.3 is 0 Å². The van der Waals surface area contributed by atoms with Crippen LogP contribution >= 0.6 is 11.3 Å². The van der Waals surface area contributed by atoms with E-state index in [1.807, 2.05) is 24.0 Å². The molecule has 3 nitrogen and oxygen atoms in total. The summed E-state index contributed by atoms with van der Waals surface area (Å²) < 4.78 is 0. The first-order valence-electron chi connectivity index (χ1n) is 5.35. The molecule has 0 saturated heterocycles. The third-order valence-corrected chi connectivity index (χ3v) is 3.15. The van der Waals surface area contributed by atoms with Crippen molar-refractivity contribution >= 4 is 11.3 Å². The van der Waals surface area contributed by atoms with E-state index >= 15 is 0 Å². The molecular formula is C12H15N3S. The summed E-state index contributed by atoms with van der Waals surface area (Å²) in [6, 6.07) is 2.19. The molecule has 0 spiro atoms. The van der Waals surface area contributed by atoms with E-state index < -0.39 is 0 Å². The second kappa shape index (κ2) is 5.18. The SMILES string of the molecule is CCNC(c1cscn1)c1cnccc1C. The number of pyridine rings is 1. The topological polar surface area (TPSA) is 37.8 Å². The van der Waals surface area contributed by atoms with E-state index in [9.17, 15) is 0 Å². The van der Waals surface area contributed by atoms with E-state index in [2.05, 4.69) is 34.5 Å². The molecule has 0 amide bonds. The Morgan fingerprint density at radius 2 is 2.38 bits per heavy atom. The standard InChI is InChI=1S/C12H15N3S/c1-3-14-12(11-7-16-8-15-11)10-6-13-5-4-9(10)2/h4-8,12,14H,3H2,1-2H3. The average molecular weight is 233 g/mol. The smallest absolute Gasteiger partial charge is 0.0795 e. The Kier molecular flexibility index (Phi) is 3.64. The molecule has 4 heteroatoms. The van der Waals surface area contributed by atoms with Crippen molar-refractivity contribution < 1.29 is 0 Å². The molecule has 0 fully saturated rings. The van der Waals surface area contributed by atoms with Crippen molar-refractivity contribution in [3.8, 4) is 0 Å². The molecule has 2 rings (SSSR count). The highest BCUT2D eigenvalue weighted by Gasteiger charge is 2.16. The average Bonchev–Trinajstić information content (AvgIpc) is 2.80. The van der Waals surface area contributed by atoms with Crippen LogP contribution in [0.1, 0.15) is 29.8 Å². The van der Waals surface area contributed by atoms with E-state index in [1.165, 1.54) is 11.1 Å². The maximum atomic E-state index is 4.38. The Labute approximate surface area is 99.6 Å².